The Hall–Kier alpha value is -2.44. The number of unbranched alkanes of at least 4 members (excludes halogenated alkanes) is 2. The molecule has 0 fully saturated rings. The molecule has 3 N–H and O–H groups in total. The number of rotatable bonds is 15. The van der Waals surface area contributed by atoms with E-state index in [1.807, 2.05) is 0 Å². The Labute approximate surface area is 209 Å². The van der Waals surface area contributed by atoms with Crippen LogP contribution in [0.2, 0.25) is 25.7 Å². The molecule has 0 radical (unpaired) electrons. The zero-order valence-corrected chi connectivity index (χ0v) is 22.8. The maximum atomic E-state index is 12.0. The van der Waals surface area contributed by atoms with Crippen molar-refractivity contribution < 1.29 is 23.8 Å². The van der Waals surface area contributed by atoms with E-state index in [-0.39, 0.29) is 18.3 Å². The van der Waals surface area contributed by atoms with Crippen LogP contribution in [0.4, 0.5) is 11.6 Å². The van der Waals surface area contributed by atoms with Gasteiger partial charge in [-0.25, -0.2) is 9.67 Å². The fourth-order valence-corrected chi connectivity index (χ4v) is 4.23. The van der Waals surface area contributed by atoms with E-state index in [9.17, 15) is 9.59 Å². The molecular formula is C22H34BrN5O5Si. The van der Waals surface area contributed by atoms with Gasteiger partial charge in [0.25, 0.3) is 5.91 Å². The summed E-state index contributed by atoms with van der Waals surface area (Å²) >= 11 is 3.30. The molecule has 0 bridgehead atoms. The number of hydrogen-bond donors (Lipinski definition) is 2. The summed E-state index contributed by atoms with van der Waals surface area (Å²) in [4.78, 5) is 27.5. The Balaban J connectivity index is 1.94. The summed E-state index contributed by atoms with van der Waals surface area (Å²) in [5.74, 6) is 0.718. The number of nitrogens with two attached hydrogens (primary N) is 1. The number of nitrogens with one attached hydrogen (secondary N) is 1. The topological polar surface area (TPSA) is 131 Å². The molecular weight excluding hydrogens is 522 g/mol. The molecule has 0 spiro atoms. The third kappa shape index (κ3) is 9.43. The van der Waals surface area contributed by atoms with Gasteiger partial charge in [0.2, 0.25) is 0 Å². The summed E-state index contributed by atoms with van der Waals surface area (Å²) in [5, 5.41) is 7.45. The average molecular weight is 557 g/mol. The van der Waals surface area contributed by atoms with Crippen LogP contribution in [0.25, 0.3) is 0 Å². The van der Waals surface area contributed by atoms with Crippen molar-refractivity contribution in [2.45, 2.75) is 58.1 Å². The quantitative estimate of drug-likeness (QED) is 0.189. The van der Waals surface area contributed by atoms with E-state index in [1.54, 1.807) is 23.0 Å². The highest BCUT2D eigenvalue weighted by molar-refractivity contribution is 9.10. The van der Waals surface area contributed by atoms with Crippen LogP contribution < -0.4 is 15.8 Å². The van der Waals surface area contributed by atoms with E-state index >= 15 is 0 Å². The van der Waals surface area contributed by atoms with E-state index in [0.29, 0.717) is 41.6 Å². The molecule has 2 rings (SSSR count). The molecule has 2 aromatic heterocycles. The zero-order valence-electron chi connectivity index (χ0n) is 20.2. The number of aromatic nitrogens is 3. The maximum absolute atomic E-state index is 12.0. The van der Waals surface area contributed by atoms with Crippen LogP contribution in [0, 0.1) is 0 Å². The Morgan fingerprint density at radius 3 is 2.56 bits per heavy atom. The second-order valence-corrected chi connectivity index (χ2v) is 15.3. The van der Waals surface area contributed by atoms with Gasteiger partial charge < -0.3 is 25.3 Å². The molecule has 0 saturated heterocycles. The van der Waals surface area contributed by atoms with Crippen molar-refractivity contribution in [3.63, 3.8) is 0 Å². The van der Waals surface area contributed by atoms with Gasteiger partial charge in [-0.15, -0.1) is 0 Å². The highest BCUT2D eigenvalue weighted by Crippen LogP contribution is 2.27. The predicted molar refractivity (Wildman–Crippen MR) is 136 cm³/mol. The van der Waals surface area contributed by atoms with Crippen LogP contribution in [-0.2, 0) is 21.0 Å². The molecule has 12 heteroatoms. The van der Waals surface area contributed by atoms with Crippen molar-refractivity contribution in [3.8, 4) is 5.75 Å². The minimum Gasteiger partial charge on any atom is -0.492 e. The number of methoxy groups -OCH3 is 1. The van der Waals surface area contributed by atoms with Crippen LogP contribution in [0.15, 0.2) is 22.9 Å². The lowest BCUT2D eigenvalue weighted by Gasteiger charge is -2.16. The number of halogens is 1. The number of primary amides is 1. The number of carbonyl (C=O) groups excluding carboxylic acids is 2. The Kier molecular flexibility index (Phi) is 11.0. The van der Waals surface area contributed by atoms with Gasteiger partial charge in [0.15, 0.2) is 0 Å². The van der Waals surface area contributed by atoms with Crippen LogP contribution in [0.1, 0.15) is 36.0 Å². The van der Waals surface area contributed by atoms with Gasteiger partial charge in [-0.2, -0.15) is 5.10 Å². The zero-order chi connectivity index (χ0) is 25.1. The minimum absolute atomic E-state index is 0.176. The SMILES string of the molecule is COC(=O)CCCCCOc1ccc(Nc2c(C(N)=O)c(Br)nn2COCC[Si](C)(C)C)nc1. The number of anilines is 2. The van der Waals surface area contributed by atoms with Crippen molar-refractivity contribution in [1.29, 1.82) is 0 Å². The van der Waals surface area contributed by atoms with Gasteiger partial charge in [-0.05, 0) is 53.4 Å². The number of esters is 1. The first-order valence-electron chi connectivity index (χ1n) is 11.2. The number of ether oxygens (including phenoxy) is 3. The first kappa shape index (κ1) is 27.8. The van der Waals surface area contributed by atoms with Gasteiger partial charge in [-0.1, -0.05) is 19.6 Å². The molecule has 0 aliphatic heterocycles. The van der Waals surface area contributed by atoms with Gasteiger partial charge >= 0.3 is 5.97 Å². The van der Waals surface area contributed by atoms with E-state index in [2.05, 4.69) is 55.7 Å². The molecule has 0 unspecified atom stereocenters. The molecule has 2 heterocycles. The van der Waals surface area contributed by atoms with Crippen LogP contribution in [-0.4, -0.2) is 55.0 Å². The third-order valence-electron chi connectivity index (χ3n) is 4.87. The lowest BCUT2D eigenvalue weighted by molar-refractivity contribution is -0.140. The first-order chi connectivity index (χ1) is 16.1. The molecule has 2 aromatic rings. The molecule has 0 aliphatic carbocycles. The van der Waals surface area contributed by atoms with Gasteiger partial charge in [0.1, 0.15) is 34.3 Å². The molecule has 10 nitrogen and oxygen atoms in total. The summed E-state index contributed by atoms with van der Waals surface area (Å²) in [6.07, 6.45) is 4.48. The summed E-state index contributed by atoms with van der Waals surface area (Å²) in [6, 6.07) is 4.55. The van der Waals surface area contributed by atoms with E-state index < -0.39 is 14.0 Å². The number of hydrogen-bond acceptors (Lipinski definition) is 8. The normalized spacial score (nSPS) is 11.3. The molecule has 0 saturated carbocycles. The fraction of sp³-hybridized carbons (Fsp3) is 0.545. The van der Waals surface area contributed by atoms with E-state index in [0.717, 1.165) is 25.3 Å². The Bertz CT molecular complexity index is 946. The number of carbonyl (C=O) groups is 2. The average Bonchev–Trinajstić information content (AvgIpc) is 3.08. The highest BCUT2D eigenvalue weighted by Gasteiger charge is 2.22. The summed E-state index contributed by atoms with van der Waals surface area (Å²) < 4.78 is 18.0. The van der Waals surface area contributed by atoms with E-state index in [1.165, 1.54) is 7.11 Å². The second kappa shape index (κ2) is 13.4. The Morgan fingerprint density at radius 2 is 1.94 bits per heavy atom. The molecule has 0 atom stereocenters. The highest BCUT2D eigenvalue weighted by atomic mass is 79.9. The lowest BCUT2D eigenvalue weighted by Crippen LogP contribution is -2.22. The van der Waals surface area contributed by atoms with Gasteiger partial charge in [0, 0.05) is 21.1 Å². The summed E-state index contributed by atoms with van der Waals surface area (Å²) in [6.45, 7) is 8.16. The van der Waals surface area contributed by atoms with Crippen molar-refractivity contribution in [1.82, 2.24) is 14.8 Å². The van der Waals surface area contributed by atoms with Crippen molar-refractivity contribution in [2.24, 2.45) is 5.73 Å². The molecule has 1 amide bonds. The number of amides is 1. The monoisotopic (exact) mass is 555 g/mol. The van der Waals surface area contributed by atoms with Crippen molar-refractivity contribution in [3.05, 3.63) is 28.5 Å². The third-order valence-corrected chi connectivity index (χ3v) is 7.13. The van der Waals surface area contributed by atoms with Gasteiger partial charge in [-0.3, -0.25) is 9.59 Å². The standard InChI is InChI=1S/C22H34BrN5O5Si/c1-31-18(29)8-6-5-7-11-33-16-9-10-17(25-14-16)26-22-19(21(24)30)20(23)27-28(22)15-32-12-13-34(2,3)4/h9-10,14H,5-8,11-13,15H2,1-4H3,(H2,24,30)(H,25,26). The molecule has 188 valence electrons. The number of nitrogens with zero attached hydrogens (tertiary/aromatic N) is 3. The molecule has 0 aliphatic rings. The number of pyridine rings is 1. The largest absolute Gasteiger partial charge is 0.492 e. The summed E-state index contributed by atoms with van der Waals surface area (Å²) in [7, 11) is 0.174. The predicted octanol–water partition coefficient (Wildman–Crippen LogP) is 4.31. The van der Waals surface area contributed by atoms with Crippen molar-refractivity contribution >= 4 is 47.5 Å². The first-order valence-corrected chi connectivity index (χ1v) is 15.7. The lowest BCUT2D eigenvalue weighted by atomic mass is 10.2. The smallest absolute Gasteiger partial charge is 0.305 e. The van der Waals surface area contributed by atoms with Crippen molar-refractivity contribution in [2.75, 3.05) is 25.6 Å². The van der Waals surface area contributed by atoms with E-state index in [4.69, 9.17) is 15.2 Å². The molecule has 0 aromatic carbocycles. The van der Waals surface area contributed by atoms with Crippen LogP contribution in [0.5, 0.6) is 5.75 Å². The maximum Gasteiger partial charge on any atom is 0.305 e. The fourth-order valence-electron chi connectivity index (χ4n) is 2.90. The van der Waals surface area contributed by atoms with Crippen LogP contribution in [0.3, 0.4) is 0 Å². The Morgan fingerprint density at radius 1 is 1.18 bits per heavy atom. The minimum atomic E-state index is -1.22. The summed E-state index contributed by atoms with van der Waals surface area (Å²) in [5.41, 5.74) is 5.79. The second-order valence-electron chi connectivity index (χ2n) is 8.97. The molecule has 34 heavy (non-hydrogen) atoms. The van der Waals surface area contributed by atoms with Crippen LogP contribution >= 0.6 is 15.9 Å². The van der Waals surface area contributed by atoms with Gasteiger partial charge in [0.05, 0.1) is 19.9 Å².